The second-order valence-electron chi connectivity index (χ2n) is 8.49. The quantitative estimate of drug-likeness (QED) is 0.457. The first-order chi connectivity index (χ1) is 16.1. The smallest absolute Gasteiger partial charge is 0.106 e. The van der Waals surface area contributed by atoms with Crippen LogP contribution in [0, 0.1) is 6.92 Å². The molecule has 0 aromatic heterocycles. The number of nitrogens with one attached hydrogen (secondary N) is 1. The van der Waals surface area contributed by atoms with E-state index in [1.165, 1.54) is 48.1 Å². The van der Waals surface area contributed by atoms with Crippen LogP contribution in [0.5, 0.6) is 0 Å². The monoisotopic (exact) mass is 469 g/mol. The first-order valence-electron chi connectivity index (χ1n) is 12.2. The van der Waals surface area contributed by atoms with Crippen molar-refractivity contribution in [2.45, 2.75) is 72.0 Å². The molecule has 0 radical (unpaired) electrons. The van der Waals surface area contributed by atoms with E-state index in [0.29, 0.717) is 6.04 Å². The molecule has 2 aromatic rings. The summed E-state index contributed by atoms with van der Waals surface area (Å²) in [5, 5.41) is 3.25. The highest BCUT2D eigenvalue weighted by Gasteiger charge is 2.35. The minimum Gasteiger partial charge on any atom is -0.307 e. The van der Waals surface area contributed by atoms with Crippen molar-refractivity contribution in [2.24, 2.45) is 0 Å². The largest absolute Gasteiger partial charge is 0.307 e. The molecule has 5 heteroatoms. The second-order valence-corrected chi connectivity index (χ2v) is 8.93. The van der Waals surface area contributed by atoms with Crippen molar-refractivity contribution in [1.82, 2.24) is 15.3 Å². The predicted molar refractivity (Wildman–Crippen MR) is 140 cm³/mol. The van der Waals surface area contributed by atoms with E-state index in [0.717, 1.165) is 24.7 Å². The zero-order chi connectivity index (χ0) is 24.2. The molecule has 1 saturated heterocycles. The zero-order valence-electron chi connectivity index (χ0n) is 20.7. The molecule has 2 atom stereocenters. The third kappa shape index (κ3) is 7.70. The average Bonchev–Trinajstić information content (AvgIpc) is 3.27. The number of carbonyl (C=O) groups is 1. The van der Waals surface area contributed by atoms with Crippen molar-refractivity contribution in [1.29, 1.82) is 0 Å². The SMILES string of the molecule is C=O.CC.CCCCCC1CN(Cc2cccc(C)c2)CC2=CC(c3ccc(Cl)cc3)NN21. The maximum atomic E-state index is 8.00. The van der Waals surface area contributed by atoms with Gasteiger partial charge in [-0.25, -0.2) is 5.43 Å². The van der Waals surface area contributed by atoms with E-state index in [4.69, 9.17) is 16.4 Å². The first-order valence-corrected chi connectivity index (χ1v) is 12.6. The molecular formula is C28H40ClN3O. The number of carbonyl (C=O) groups excluding carboxylic acids is 1. The Kier molecular flexibility index (Phi) is 11.7. The molecule has 0 amide bonds. The molecule has 4 rings (SSSR count). The minimum atomic E-state index is 0.231. The topological polar surface area (TPSA) is 35.6 Å². The molecule has 180 valence electrons. The van der Waals surface area contributed by atoms with E-state index in [-0.39, 0.29) is 6.04 Å². The highest BCUT2D eigenvalue weighted by molar-refractivity contribution is 6.30. The Hall–Kier alpha value is -2.14. The summed E-state index contributed by atoms with van der Waals surface area (Å²) in [6, 6.07) is 17.9. The van der Waals surface area contributed by atoms with E-state index in [9.17, 15) is 0 Å². The highest BCUT2D eigenvalue weighted by Crippen LogP contribution is 2.32. The van der Waals surface area contributed by atoms with Crippen LogP contribution in [0.15, 0.2) is 60.3 Å². The summed E-state index contributed by atoms with van der Waals surface area (Å²) in [5.74, 6) is 0. The lowest BCUT2D eigenvalue weighted by Crippen LogP contribution is -2.54. The number of hydrogen-bond acceptors (Lipinski definition) is 4. The fourth-order valence-electron chi connectivity index (χ4n) is 4.57. The summed E-state index contributed by atoms with van der Waals surface area (Å²) in [6.45, 7) is 13.6. The van der Waals surface area contributed by atoms with Crippen LogP contribution in [-0.2, 0) is 11.3 Å². The number of nitrogens with zero attached hydrogens (tertiary/aromatic N) is 2. The van der Waals surface area contributed by atoms with Gasteiger partial charge in [0, 0.05) is 30.4 Å². The Bertz CT molecular complexity index is 868. The van der Waals surface area contributed by atoms with Gasteiger partial charge in [0.05, 0.1) is 12.1 Å². The number of fused-ring (bicyclic) bond motifs is 1. The number of rotatable bonds is 7. The summed E-state index contributed by atoms with van der Waals surface area (Å²) < 4.78 is 0. The van der Waals surface area contributed by atoms with Crippen LogP contribution in [0.4, 0.5) is 0 Å². The molecule has 2 unspecified atom stereocenters. The Labute approximate surface area is 205 Å². The van der Waals surface area contributed by atoms with Gasteiger partial charge in [-0.15, -0.1) is 0 Å². The van der Waals surface area contributed by atoms with Crippen LogP contribution >= 0.6 is 11.6 Å². The lowest BCUT2D eigenvalue weighted by Gasteiger charge is -2.42. The number of benzene rings is 2. The molecule has 1 fully saturated rings. The van der Waals surface area contributed by atoms with Gasteiger partial charge >= 0.3 is 0 Å². The molecule has 4 nitrogen and oxygen atoms in total. The molecule has 1 N–H and O–H groups in total. The van der Waals surface area contributed by atoms with Gasteiger partial charge in [0.25, 0.3) is 0 Å². The summed E-state index contributed by atoms with van der Waals surface area (Å²) in [6.07, 6.45) is 7.50. The highest BCUT2D eigenvalue weighted by atomic mass is 35.5. The maximum Gasteiger partial charge on any atom is 0.106 e. The summed E-state index contributed by atoms with van der Waals surface area (Å²) in [4.78, 5) is 10.6. The third-order valence-electron chi connectivity index (χ3n) is 6.03. The normalized spacial score (nSPS) is 19.5. The van der Waals surface area contributed by atoms with Crippen LogP contribution < -0.4 is 5.43 Å². The van der Waals surface area contributed by atoms with Crippen molar-refractivity contribution in [3.8, 4) is 0 Å². The van der Waals surface area contributed by atoms with Gasteiger partial charge in [0.1, 0.15) is 6.79 Å². The predicted octanol–water partition coefficient (Wildman–Crippen LogP) is 6.70. The fraction of sp³-hybridized carbons (Fsp3) is 0.464. The van der Waals surface area contributed by atoms with Crippen molar-refractivity contribution in [3.63, 3.8) is 0 Å². The van der Waals surface area contributed by atoms with Gasteiger partial charge in [0.15, 0.2) is 0 Å². The first kappa shape index (κ1) is 27.1. The third-order valence-corrected chi connectivity index (χ3v) is 6.28. The summed E-state index contributed by atoms with van der Waals surface area (Å²) >= 11 is 6.09. The molecule has 0 bridgehead atoms. The Morgan fingerprint density at radius 3 is 2.48 bits per heavy atom. The van der Waals surface area contributed by atoms with Crippen LogP contribution in [0.3, 0.4) is 0 Å². The van der Waals surface area contributed by atoms with Crippen LogP contribution in [0.2, 0.25) is 5.02 Å². The minimum absolute atomic E-state index is 0.231. The van der Waals surface area contributed by atoms with Crippen molar-refractivity contribution >= 4 is 18.4 Å². The molecular weight excluding hydrogens is 430 g/mol. The molecule has 0 spiro atoms. The lowest BCUT2D eigenvalue weighted by molar-refractivity contribution is -0.0979. The zero-order valence-corrected chi connectivity index (χ0v) is 21.4. The number of halogens is 1. The molecule has 2 aromatic carbocycles. The van der Waals surface area contributed by atoms with Crippen molar-refractivity contribution < 1.29 is 4.79 Å². The maximum absolute atomic E-state index is 8.00. The summed E-state index contributed by atoms with van der Waals surface area (Å²) in [7, 11) is 0. The number of hydrogen-bond donors (Lipinski definition) is 1. The van der Waals surface area contributed by atoms with E-state index in [1.54, 1.807) is 0 Å². The van der Waals surface area contributed by atoms with Gasteiger partial charge in [-0.05, 0) is 42.7 Å². The van der Waals surface area contributed by atoms with Gasteiger partial charge in [0.2, 0.25) is 0 Å². The van der Waals surface area contributed by atoms with Crippen molar-refractivity contribution in [3.05, 3.63) is 82.0 Å². The lowest BCUT2D eigenvalue weighted by atomic mass is 10.0. The van der Waals surface area contributed by atoms with Gasteiger partial charge in [-0.3, -0.25) is 4.90 Å². The van der Waals surface area contributed by atoms with E-state index in [2.05, 4.69) is 71.7 Å². The van der Waals surface area contributed by atoms with Crippen LogP contribution in [-0.4, -0.2) is 35.8 Å². The molecule has 0 saturated carbocycles. The molecule has 33 heavy (non-hydrogen) atoms. The number of aryl methyl sites for hydroxylation is 1. The Morgan fingerprint density at radius 1 is 1.09 bits per heavy atom. The van der Waals surface area contributed by atoms with Gasteiger partial charge < -0.3 is 9.80 Å². The average molecular weight is 470 g/mol. The van der Waals surface area contributed by atoms with Crippen LogP contribution in [0.1, 0.15) is 69.2 Å². The molecule has 2 aliphatic heterocycles. The number of unbranched alkanes of at least 4 members (excludes halogenated alkanes) is 2. The molecule has 2 aliphatic rings. The standard InChI is InChI=1S/C25H32ClN3.C2H6.CH2O/c1-3-4-5-9-23-17-28(16-20-8-6-7-19(2)14-20)18-24-15-25(27-29(23)24)21-10-12-22(26)13-11-21;2*1-2/h6-8,10-15,23,25,27H,3-5,9,16-18H2,1-2H3;1-2H3;1H2. The van der Waals surface area contributed by atoms with E-state index >= 15 is 0 Å². The van der Waals surface area contributed by atoms with E-state index < -0.39 is 0 Å². The fourth-order valence-corrected chi connectivity index (χ4v) is 4.69. The number of hydrazine groups is 1. The number of piperazine rings is 1. The van der Waals surface area contributed by atoms with Crippen molar-refractivity contribution in [2.75, 3.05) is 13.1 Å². The Morgan fingerprint density at radius 2 is 1.82 bits per heavy atom. The molecule has 2 heterocycles. The second kappa shape index (κ2) is 14.2. The van der Waals surface area contributed by atoms with Gasteiger partial charge in [-0.1, -0.05) is 93.6 Å². The van der Waals surface area contributed by atoms with Crippen LogP contribution in [0.25, 0.3) is 0 Å². The molecule has 0 aliphatic carbocycles. The summed E-state index contributed by atoms with van der Waals surface area (Å²) in [5.41, 5.74) is 9.20. The van der Waals surface area contributed by atoms with Gasteiger partial charge in [-0.2, -0.15) is 0 Å². The Balaban J connectivity index is 0.000000914. The van der Waals surface area contributed by atoms with E-state index in [1.807, 2.05) is 32.8 Å².